The summed E-state index contributed by atoms with van der Waals surface area (Å²) in [6.45, 7) is 5.63. The van der Waals surface area contributed by atoms with Crippen LogP contribution in [-0.2, 0) is 17.6 Å². The summed E-state index contributed by atoms with van der Waals surface area (Å²) in [6, 6.07) is 12.4. The lowest BCUT2D eigenvalue weighted by molar-refractivity contribution is -0.117. The summed E-state index contributed by atoms with van der Waals surface area (Å²) in [5.74, 6) is 5.69. The number of anilines is 1. The highest BCUT2D eigenvalue weighted by atomic mass is 16.5. The predicted molar refractivity (Wildman–Crippen MR) is 155 cm³/mol. The number of amides is 1. The molecule has 0 spiro atoms. The van der Waals surface area contributed by atoms with Gasteiger partial charge in [0.2, 0.25) is 5.91 Å². The molecule has 10 heteroatoms. The second-order valence-electron chi connectivity index (χ2n) is 10.4. The Labute approximate surface area is 230 Å². The number of unbranched alkanes of at least 4 members (excludes halogenated alkanes) is 1. The Kier molecular flexibility index (Phi) is 10.7. The Hall–Kier alpha value is -2.99. The van der Waals surface area contributed by atoms with Crippen molar-refractivity contribution < 1.29 is 14.6 Å². The number of aliphatic hydroxyl groups is 1. The predicted octanol–water partition coefficient (Wildman–Crippen LogP) is 2.76. The summed E-state index contributed by atoms with van der Waals surface area (Å²) in [4.78, 5) is 15.9. The molecule has 39 heavy (non-hydrogen) atoms. The lowest BCUT2D eigenvalue weighted by Gasteiger charge is -2.19. The van der Waals surface area contributed by atoms with E-state index in [1.807, 2.05) is 18.2 Å². The average molecular weight is 538 g/mol. The van der Waals surface area contributed by atoms with Crippen molar-refractivity contribution in [1.82, 2.24) is 26.8 Å². The molecule has 1 aromatic heterocycles. The molecule has 2 aromatic carbocycles. The van der Waals surface area contributed by atoms with E-state index in [1.54, 1.807) is 0 Å². The van der Waals surface area contributed by atoms with E-state index in [0.717, 1.165) is 61.8 Å². The van der Waals surface area contributed by atoms with Crippen LogP contribution in [-0.4, -0.2) is 47.8 Å². The molecule has 3 unspecified atom stereocenters. The quantitative estimate of drug-likeness (QED) is 0.0745. The second kappa shape index (κ2) is 14.4. The van der Waals surface area contributed by atoms with Crippen LogP contribution in [0.2, 0.25) is 0 Å². The maximum absolute atomic E-state index is 12.5. The number of fused-ring (bicyclic) bond motifs is 2. The molecule has 2 heterocycles. The van der Waals surface area contributed by atoms with Crippen LogP contribution >= 0.6 is 0 Å². The van der Waals surface area contributed by atoms with Crippen LogP contribution in [0.3, 0.4) is 0 Å². The third-order valence-corrected chi connectivity index (χ3v) is 7.25. The Balaban J connectivity index is 1.24. The molecule has 10 nitrogen and oxygen atoms in total. The Morgan fingerprint density at radius 1 is 1.21 bits per heavy atom. The maximum Gasteiger partial charge on any atom is 0.232 e. The zero-order chi connectivity index (χ0) is 27.6. The van der Waals surface area contributed by atoms with Gasteiger partial charge in [0.05, 0.1) is 5.92 Å². The van der Waals surface area contributed by atoms with Crippen LogP contribution in [0.1, 0.15) is 62.1 Å². The molecule has 1 aliphatic heterocycles. The lowest BCUT2D eigenvalue weighted by Crippen LogP contribution is -2.47. The Bertz CT molecular complexity index is 1210. The Morgan fingerprint density at radius 3 is 2.90 bits per heavy atom. The van der Waals surface area contributed by atoms with Gasteiger partial charge in [-0.3, -0.25) is 10.6 Å². The topological polar surface area (TPSA) is 148 Å². The normalized spacial score (nSPS) is 16.3. The summed E-state index contributed by atoms with van der Waals surface area (Å²) in [7, 11) is 0. The van der Waals surface area contributed by atoms with Gasteiger partial charge in [0.15, 0.2) is 0 Å². The second-order valence-corrected chi connectivity index (χ2v) is 10.4. The molecular formula is C29H43N7O3. The fraction of sp³-hybridized carbons (Fsp3) is 0.483. The van der Waals surface area contributed by atoms with Gasteiger partial charge in [-0.05, 0) is 61.9 Å². The molecule has 9 N–H and O–H groups in total. The molecule has 0 saturated carbocycles. The van der Waals surface area contributed by atoms with Crippen molar-refractivity contribution in [2.75, 3.05) is 25.0 Å². The summed E-state index contributed by atoms with van der Waals surface area (Å²) >= 11 is 0. The van der Waals surface area contributed by atoms with Gasteiger partial charge in [-0.15, -0.1) is 0 Å². The number of aromatic nitrogens is 1. The van der Waals surface area contributed by atoms with Crippen LogP contribution in [0.25, 0.3) is 10.9 Å². The number of aryl methyl sites for hydroxylation is 1. The number of hydrogen-bond donors (Lipinski definition) is 8. The van der Waals surface area contributed by atoms with Crippen molar-refractivity contribution in [3.63, 3.8) is 0 Å². The summed E-state index contributed by atoms with van der Waals surface area (Å²) < 4.78 is 6.02. The fourth-order valence-corrected chi connectivity index (χ4v) is 5.21. The first-order valence-corrected chi connectivity index (χ1v) is 14.0. The number of nitrogens with one attached hydrogen (secondary N) is 6. The highest BCUT2D eigenvalue weighted by molar-refractivity contribution is 6.03. The zero-order valence-corrected chi connectivity index (χ0v) is 23.0. The number of nitrogens with two attached hydrogens (primary N) is 1. The molecule has 3 atom stereocenters. The number of benzene rings is 2. The zero-order valence-electron chi connectivity index (χ0n) is 23.0. The van der Waals surface area contributed by atoms with Gasteiger partial charge in [-0.25, -0.2) is 5.43 Å². The summed E-state index contributed by atoms with van der Waals surface area (Å²) in [6.07, 6.45) is 7.03. The number of hydrazine groups is 3. The van der Waals surface area contributed by atoms with Gasteiger partial charge in [-0.1, -0.05) is 38.0 Å². The van der Waals surface area contributed by atoms with Crippen LogP contribution in [0, 0.1) is 0 Å². The molecule has 212 valence electrons. The monoisotopic (exact) mass is 537 g/mol. The highest BCUT2D eigenvalue weighted by Gasteiger charge is 2.33. The van der Waals surface area contributed by atoms with E-state index in [2.05, 4.69) is 70.4 Å². The third kappa shape index (κ3) is 7.78. The molecule has 1 aliphatic rings. The Morgan fingerprint density at radius 2 is 2.08 bits per heavy atom. The van der Waals surface area contributed by atoms with Crippen molar-refractivity contribution in [2.45, 2.75) is 70.4 Å². The molecule has 0 bridgehead atoms. The van der Waals surface area contributed by atoms with Gasteiger partial charge in [0.1, 0.15) is 18.5 Å². The minimum absolute atomic E-state index is 0.0324. The first kappa shape index (κ1) is 29.0. The van der Waals surface area contributed by atoms with Gasteiger partial charge in [-0.2, -0.15) is 11.1 Å². The van der Waals surface area contributed by atoms with Crippen molar-refractivity contribution >= 4 is 22.5 Å². The van der Waals surface area contributed by atoms with Crippen LogP contribution < -0.4 is 37.7 Å². The summed E-state index contributed by atoms with van der Waals surface area (Å²) in [5, 5.41) is 18.3. The molecular weight excluding hydrogens is 494 g/mol. The average Bonchev–Trinajstić information content (AvgIpc) is 3.48. The number of carbonyl (C=O) groups is 1. The molecule has 1 amide bonds. The summed E-state index contributed by atoms with van der Waals surface area (Å²) in [5.41, 5.74) is 13.4. The number of aliphatic hydroxyl groups excluding tert-OH is 1. The van der Waals surface area contributed by atoms with E-state index in [4.69, 9.17) is 10.6 Å². The number of hydrogen-bond acceptors (Lipinski definition) is 8. The van der Waals surface area contributed by atoms with E-state index in [1.165, 1.54) is 16.5 Å². The van der Waals surface area contributed by atoms with Crippen LogP contribution in [0.4, 0.5) is 5.69 Å². The minimum atomic E-state index is -0.668. The van der Waals surface area contributed by atoms with E-state index in [9.17, 15) is 9.90 Å². The first-order chi connectivity index (χ1) is 19.0. The number of rotatable bonds is 17. The van der Waals surface area contributed by atoms with Gasteiger partial charge < -0.3 is 25.5 Å². The standard InChI is InChI=1S/C29H43N7O3/c1-3-4-8-24-28-25(34-29(24)38)9-5-10-27(28)39-18-22(37)17-31-19(2)14-21-16-32-26-15-20(11-12-23(21)26)7-6-13-33-36-35-30/h5,9-12,15-16,19,22,24,31-33,35-37H,3-4,6-8,13-14,17-18,30H2,1-2H3,(H,34,38). The molecule has 0 fully saturated rings. The number of H-pyrrole nitrogens is 1. The van der Waals surface area contributed by atoms with Crippen molar-refractivity contribution in [1.29, 1.82) is 0 Å². The molecule has 3 aromatic rings. The largest absolute Gasteiger partial charge is 0.490 e. The van der Waals surface area contributed by atoms with Crippen LogP contribution in [0.15, 0.2) is 42.6 Å². The van der Waals surface area contributed by atoms with Crippen molar-refractivity contribution in [3.8, 4) is 5.75 Å². The van der Waals surface area contributed by atoms with E-state index < -0.39 is 6.10 Å². The first-order valence-electron chi connectivity index (χ1n) is 14.0. The SMILES string of the molecule is CCCCC1C(=O)Nc2cccc(OCC(O)CNC(C)Cc3c[nH]c4cc(CCCNNNN)ccc34)c21. The highest BCUT2D eigenvalue weighted by Crippen LogP contribution is 2.41. The molecule has 0 radical (unpaired) electrons. The smallest absolute Gasteiger partial charge is 0.232 e. The fourth-order valence-electron chi connectivity index (χ4n) is 5.21. The van der Waals surface area contributed by atoms with Gasteiger partial charge in [0.25, 0.3) is 0 Å². The van der Waals surface area contributed by atoms with Crippen LogP contribution in [0.5, 0.6) is 5.75 Å². The van der Waals surface area contributed by atoms with E-state index in [0.29, 0.717) is 12.3 Å². The van der Waals surface area contributed by atoms with Crippen molar-refractivity contribution in [2.24, 2.45) is 5.84 Å². The molecule has 0 saturated heterocycles. The number of carbonyl (C=O) groups excluding carboxylic acids is 1. The van der Waals surface area contributed by atoms with Crippen molar-refractivity contribution in [3.05, 3.63) is 59.3 Å². The third-order valence-electron chi connectivity index (χ3n) is 7.25. The maximum atomic E-state index is 12.5. The van der Waals surface area contributed by atoms with E-state index in [-0.39, 0.29) is 24.5 Å². The van der Waals surface area contributed by atoms with Gasteiger partial charge >= 0.3 is 0 Å². The van der Waals surface area contributed by atoms with E-state index >= 15 is 0 Å². The number of ether oxygens (including phenoxy) is 1. The minimum Gasteiger partial charge on any atom is -0.490 e. The molecule has 4 rings (SSSR count). The van der Waals surface area contributed by atoms with Gasteiger partial charge in [0, 0.05) is 47.5 Å². The number of aromatic amines is 1. The molecule has 0 aliphatic carbocycles. The lowest BCUT2D eigenvalue weighted by atomic mass is 9.94.